The van der Waals surface area contributed by atoms with Gasteiger partial charge in [0.15, 0.2) is 0 Å². The van der Waals surface area contributed by atoms with Crippen LogP contribution in [0.4, 0.5) is 4.79 Å². The number of allylic oxidation sites excluding steroid dienone is 2. The molecular formula is C9H17N3O. The molecule has 0 aliphatic heterocycles. The molecule has 0 aromatic carbocycles. The second-order valence-electron chi connectivity index (χ2n) is 3.85. The van der Waals surface area contributed by atoms with Crippen molar-refractivity contribution in [1.29, 1.82) is 0 Å². The van der Waals surface area contributed by atoms with Gasteiger partial charge in [0.05, 0.1) is 0 Å². The second-order valence-corrected chi connectivity index (χ2v) is 3.85. The molecule has 0 rings (SSSR count). The lowest BCUT2D eigenvalue weighted by atomic mass is 9.88. The highest BCUT2D eigenvalue weighted by Gasteiger charge is 2.10. The van der Waals surface area contributed by atoms with Crippen molar-refractivity contribution in [3.8, 4) is 0 Å². The molecule has 0 aromatic rings. The highest BCUT2D eigenvalue weighted by Crippen LogP contribution is 2.23. The van der Waals surface area contributed by atoms with Crippen LogP contribution in [0.15, 0.2) is 16.8 Å². The van der Waals surface area contributed by atoms with Crippen LogP contribution in [0, 0.1) is 5.41 Å². The van der Waals surface area contributed by atoms with Gasteiger partial charge in [0.2, 0.25) is 0 Å². The number of nitrogens with zero attached hydrogens (tertiary/aromatic N) is 1. The van der Waals surface area contributed by atoms with Crippen molar-refractivity contribution < 1.29 is 4.79 Å². The van der Waals surface area contributed by atoms with Crippen molar-refractivity contribution >= 4 is 12.2 Å². The normalized spacial score (nSPS) is 13.4. The number of rotatable bonds is 2. The molecule has 0 aromatic heterocycles. The number of urea groups is 1. The maximum absolute atomic E-state index is 10.2. The van der Waals surface area contributed by atoms with Crippen LogP contribution >= 0.6 is 0 Å². The molecule has 0 aliphatic rings. The molecule has 0 unspecified atom stereocenters. The lowest BCUT2D eigenvalue weighted by Crippen LogP contribution is -2.24. The number of primary amides is 1. The Labute approximate surface area is 78.9 Å². The SMILES string of the molecule is C/C(=C/C=N\NC(N)=O)C(C)(C)C. The van der Waals surface area contributed by atoms with E-state index in [0.717, 1.165) is 0 Å². The summed E-state index contributed by atoms with van der Waals surface area (Å²) >= 11 is 0. The van der Waals surface area contributed by atoms with E-state index in [0.29, 0.717) is 0 Å². The Kier molecular flexibility index (Phi) is 4.17. The summed E-state index contributed by atoms with van der Waals surface area (Å²) in [6.45, 7) is 8.33. The first-order valence-electron chi connectivity index (χ1n) is 4.10. The smallest absolute Gasteiger partial charge is 0.332 e. The Hall–Kier alpha value is -1.32. The molecule has 2 amide bonds. The number of nitrogens with two attached hydrogens (primary N) is 1. The molecular weight excluding hydrogens is 166 g/mol. The van der Waals surface area contributed by atoms with E-state index in [-0.39, 0.29) is 5.41 Å². The molecule has 4 heteroatoms. The maximum Gasteiger partial charge on any atom is 0.332 e. The predicted molar refractivity (Wildman–Crippen MR) is 54.4 cm³/mol. The third kappa shape index (κ3) is 5.90. The van der Waals surface area contributed by atoms with E-state index in [1.807, 2.05) is 13.0 Å². The quantitative estimate of drug-likeness (QED) is 0.496. The summed E-state index contributed by atoms with van der Waals surface area (Å²) in [4.78, 5) is 10.2. The molecule has 0 saturated heterocycles. The van der Waals surface area contributed by atoms with E-state index in [1.165, 1.54) is 11.8 Å². The fourth-order valence-electron chi connectivity index (χ4n) is 0.500. The van der Waals surface area contributed by atoms with E-state index in [4.69, 9.17) is 5.73 Å². The topological polar surface area (TPSA) is 67.5 Å². The molecule has 0 radical (unpaired) electrons. The average Bonchev–Trinajstić information content (AvgIpc) is 1.95. The molecule has 0 spiro atoms. The Balaban J connectivity index is 4.12. The summed E-state index contributed by atoms with van der Waals surface area (Å²) in [7, 11) is 0. The minimum Gasteiger partial charge on any atom is -0.350 e. The first-order valence-corrected chi connectivity index (χ1v) is 4.10. The number of hydrogen-bond acceptors (Lipinski definition) is 2. The maximum atomic E-state index is 10.2. The van der Waals surface area contributed by atoms with Crippen LogP contribution < -0.4 is 11.2 Å². The molecule has 0 bridgehead atoms. The Bertz CT molecular complexity index is 236. The van der Waals surface area contributed by atoms with Gasteiger partial charge >= 0.3 is 6.03 Å². The minimum atomic E-state index is -0.655. The summed E-state index contributed by atoms with van der Waals surface area (Å²) in [5.41, 5.74) is 8.23. The van der Waals surface area contributed by atoms with Crippen LogP contribution in [0.25, 0.3) is 0 Å². The molecule has 3 N–H and O–H groups in total. The number of amides is 2. The van der Waals surface area contributed by atoms with Crippen molar-refractivity contribution in [3.05, 3.63) is 11.6 Å². The van der Waals surface area contributed by atoms with Gasteiger partial charge in [0, 0.05) is 6.21 Å². The monoisotopic (exact) mass is 183 g/mol. The zero-order chi connectivity index (χ0) is 10.5. The molecule has 0 saturated carbocycles. The zero-order valence-electron chi connectivity index (χ0n) is 8.59. The molecule has 0 fully saturated rings. The van der Waals surface area contributed by atoms with Gasteiger partial charge in [-0.15, -0.1) is 0 Å². The van der Waals surface area contributed by atoms with Crippen molar-refractivity contribution in [2.75, 3.05) is 0 Å². The molecule has 0 aliphatic carbocycles. The summed E-state index contributed by atoms with van der Waals surface area (Å²) < 4.78 is 0. The number of carbonyl (C=O) groups excluding carboxylic acids is 1. The van der Waals surface area contributed by atoms with Crippen LogP contribution in [0.2, 0.25) is 0 Å². The van der Waals surface area contributed by atoms with Gasteiger partial charge in [0.25, 0.3) is 0 Å². The third-order valence-electron chi connectivity index (χ3n) is 1.76. The standard InChI is InChI=1S/C9H17N3O/c1-7(9(2,3)4)5-6-11-12-8(10)13/h5-6H,1-4H3,(H3,10,12,13)/b7-5-,11-6-. The van der Waals surface area contributed by atoms with E-state index in [2.05, 4.69) is 31.3 Å². The summed E-state index contributed by atoms with van der Waals surface area (Å²) in [6, 6.07) is -0.655. The summed E-state index contributed by atoms with van der Waals surface area (Å²) in [5.74, 6) is 0. The third-order valence-corrected chi connectivity index (χ3v) is 1.76. The first-order chi connectivity index (χ1) is 5.84. The Morgan fingerprint density at radius 2 is 2.00 bits per heavy atom. The molecule has 13 heavy (non-hydrogen) atoms. The summed E-state index contributed by atoms with van der Waals surface area (Å²) in [6.07, 6.45) is 3.36. The summed E-state index contributed by atoms with van der Waals surface area (Å²) in [5, 5.41) is 3.60. The minimum absolute atomic E-state index is 0.124. The van der Waals surface area contributed by atoms with Crippen molar-refractivity contribution in [3.63, 3.8) is 0 Å². The lowest BCUT2D eigenvalue weighted by molar-refractivity contribution is 0.249. The number of hydrazone groups is 1. The van der Waals surface area contributed by atoms with Gasteiger partial charge in [-0.25, -0.2) is 10.2 Å². The molecule has 74 valence electrons. The highest BCUT2D eigenvalue weighted by atomic mass is 16.2. The fraction of sp³-hybridized carbons (Fsp3) is 0.556. The van der Waals surface area contributed by atoms with E-state index in [1.54, 1.807) is 0 Å². The van der Waals surface area contributed by atoms with Gasteiger partial charge in [0.1, 0.15) is 0 Å². The fourth-order valence-corrected chi connectivity index (χ4v) is 0.500. The Morgan fingerprint density at radius 1 is 1.46 bits per heavy atom. The van der Waals surface area contributed by atoms with Gasteiger partial charge < -0.3 is 5.73 Å². The van der Waals surface area contributed by atoms with Gasteiger partial charge in [-0.1, -0.05) is 26.3 Å². The number of hydrogen-bond donors (Lipinski definition) is 2. The van der Waals surface area contributed by atoms with Gasteiger partial charge in [-0.2, -0.15) is 5.10 Å². The zero-order valence-corrected chi connectivity index (χ0v) is 8.59. The van der Waals surface area contributed by atoms with Crippen LogP contribution in [-0.4, -0.2) is 12.2 Å². The van der Waals surface area contributed by atoms with Crippen LogP contribution in [0.1, 0.15) is 27.7 Å². The van der Waals surface area contributed by atoms with Crippen molar-refractivity contribution in [2.24, 2.45) is 16.3 Å². The average molecular weight is 183 g/mol. The van der Waals surface area contributed by atoms with Crippen LogP contribution in [0.3, 0.4) is 0 Å². The molecule has 0 atom stereocenters. The molecule has 0 heterocycles. The van der Waals surface area contributed by atoms with Crippen LogP contribution in [-0.2, 0) is 0 Å². The number of nitrogens with one attached hydrogen (secondary N) is 1. The number of carbonyl (C=O) groups is 1. The van der Waals surface area contributed by atoms with E-state index < -0.39 is 6.03 Å². The van der Waals surface area contributed by atoms with E-state index in [9.17, 15) is 4.79 Å². The first kappa shape index (κ1) is 11.7. The Morgan fingerprint density at radius 3 is 2.38 bits per heavy atom. The second kappa shape index (κ2) is 4.64. The predicted octanol–water partition coefficient (Wildman–Crippen LogP) is 1.63. The largest absolute Gasteiger partial charge is 0.350 e. The van der Waals surface area contributed by atoms with Crippen LogP contribution in [0.5, 0.6) is 0 Å². The molecule has 4 nitrogen and oxygen atoms in total. The van der Waals surface area contributed by atoms with Gasteiger partial charge in [-0.3, -0.25) is 0 Å². The van der Waals surface area contributed by atoms with Crippen molar-refractivity contribution in [2.45, 2.75) is 27.7 Å². The van der Waals surface area contributed by atoms with Gasteiger partial charge in [-0.05, 0) is 18.4 Å². The highest BCUT2D eigenvalue weighted by molar-refractivity contribution is 5.76. The van der Waals surface area contributed by atoms with E-state index >= 15 is 0 Å². The van der Waals surface area contributed by atoms with Crippen molar-refractivity contribution in [1.82, 2.24) is 5.43 Å². The lowest BCUT2D eigenvalue weighted by Gasteiger charge is -2.18.